The van der Waals surface area contributed by atoms with Crippen molar-refractivity contribution in [3.8, 4) is 5.06 Å². The molecule has 0 saturated carbocycles. The molecule has 0 atom stereocenters. The molecule has 1 heterocycles. The first-order chi connectivity index (χ1) is 11.8. The molecule has 0 aliphatic carbocycles. The second-order valence-electron chi connectivity index (χ2n) is 5.46. The highest BCUT2D eigenvalue weighted by molar-refractivity contribution is 7.85. The van der Waals surface area contributed by atoms with Gasteiger partial charge in [0, 0.05) is 25.5 Å². The van der Waals surface area contributed by atoms with Crippen molar-refractivity contribution in [2.24, 2.45) is 10.2 Å². The number of aryl methyl sites for hydroxylation is 1. The van der Waals surface area contributed by atoms with E-state index in [9.17, 15) is 13.0 Å². The molecule has 8 nitrogen and oxygen atoms in total. The summed E-state index contributed by atoms with van der Waals surface area (Å²) in [6, 6.07) is 7.60. The summed E-state index contributed by atoms with van der Waals surface area (Å²) in [6.07, 6.45) is 1.92. The van der Waals surface area contributed by atoms with E-state index < -0.39 is 15.9 Å². The summed E-state index contributed by atoms with van der Waals surface area (Å²) < 4.78 is 39.1. The number of azo groups is 1. The maximum Gasteiger partial charge on any atom is 0.411 e. The maximum atomic E-state index is 10.7. The van der Waals surface area contributed by atoms with E-state index in [1.165, 1.54) is 11.3 Å². The Balaban J connectivity index is 2.13. The van der Waals surface area contributed by atoms with E-state index in [-0.39, 0.29) is 6.42 Å². The molecule has 0 fully saturated rings. The average Bonchev–Trinajstić information content (AvgIpc) is 2.94. The van der Waals surface area contributed by atoms with Gasteiger partial charge < -0.3 is 14.2 Å². The summed E-state index contributed by atoms with van der Waals surface area (Å²) in [5, 5.41) is 9.62. The van der Waals surface area contributed by atoms with Crippen LogP contribution in [0.25, 0.3) is 0 Å². The first-order valence-electron chi connectivity index (χ1n) is 7.48. The van der Waals surface area contributed by atoms with Crippen molar-refractivity contribution in [3.05, 3.63) is 30.5 Å². The van der Waals surface area contributed by atoms with Gasteiger partial charge in [-0.05, 0) is 47.1 Å². The standard InChI is InChI=1S/C15H20N4O4S2/c1-18(2)13-7-5-12(6-8-13)16-17-15-19(11-14(23-3)24-15)9-4-10-25(20,21)22/h5-8,11H,4,9-10H2,1-3H3. The molecule has 0 saturated heterocycles. The van der Waals surface area contributed by atoms with Crippen LogP contribution in [0.3, 0.4) is 0 Å². The van der Waals surface area contributed by atoms with Crippen LogP contribution in [0.2, 0.25) is 0 Å². The highest BCUT2D eigenvalue weighted by atomic mass is 32.2. The predicted molar refractivity (Wildman–Crippen MR) is 95.2 cm³/mol. The lowest BCUT2D eigenvalue weighted by Gasteiger charge is -2.11. The summed E-state index contributed by atoms with van der Waals surface area (Å²) in [4.78, 5) is 1.99. The van der Waals surface area contributed by atoms with Gasteiger partial charge in [0.05, 0.1) is 28.9 Å². The number of nitrogens with zero attached hydrogens (tertiary/aromatic N) is 4. The Morgan fingerprint density at radius 3 is 2.48 bits per heavy atom. The normalized spacial score (nSPS) is 11.8. The zero-order chi connectivity index (χ0) is 18.4. The second kappa shape index (κ2) is 8.37. The number of thiazole rings is 1. The van der Waals surface area contributed by atoms with Gasteiger partial charge >= 0.3 is 5.13 Å². The van der Waals surface area contributed by atoms with Crippen LogP contribution in [0.1, 0.15) is 6.42 Å². The number of rotatable bonds is 8. The molecule has 0 amide bonds. The highest BCUT2D eigenvalue weighted by Crippen LogP contribution is 2.28. The highest BCUT2D eigenvalue weighted by Gasteiger charge is 2.17. The Kier molecular flexibility index (Phi) is 6.45. The largest absolute Gasteiger partial charge is 0.748 e. The van der Waals surface area contributed by atoms with E-state index >= 15 is 0 Å². The fourth-order valence-corrected chi connectivity index (χ4v) is 3.29. The molecule has 2 aromatic rings. The topological polar surface area (TPSA) is 98.3 Å². The Labute approximate surface area is 151 Å². The number of benzene rings is 1. The summed E-state index contributed by atoms with van der Waals surface area (Å²) in [5.41, 5.74) is 1.76. The zero-order valence-electron chi connectivity index (χ0n) is 14.2. The Bertz CT molecular complexity index is 830. The van der Waals surface area contributed by atoms with Gasteiger partial charge in [-0.3, -0.25) is 0 Å². The number of hydrogen-bond acceptors (Lipinski definition) is 8. The molecular formula is C15H20N4O4S2. The van der Waals surface area contributed by atoms with Gasteiger partial charge in [-0.25, -0.2) is 13.0 Å². The lowest BCUT2D eigenvalue weighted by atomic mass is 10.3. The zero-order valence-corrected chi connectivity index (χ0v) is 15.9. The van der Waals surface area contributed by atoms with Crippen LogP contribution in [0.5, 0.6) is 5.06 Å². The van der Waals surface area contributed by atoms with Crippen molar-refractivity contribution in [2.45, 2.75) is 13.0 Å². The number of methoxy groups -OCH3 is 1. The third-order valence-electron chi connectivity index (χ3n) is 3.31. The molecule has 0 spiro atoms. The van der Waals surface area contributed by atoms with Crippen molar-refractivity contribution in [2.75, 3.05) is 31.9 Å². The van der Waals surface area contributed by atoms with Gasteiger partial charge in [0.2, 0.25) is 5.06 Å². The molecule has 0 radical (unpaired) electrons. The molecule has 0 aliphatic rings. The van der Waals surface area contributed by atoms with Crippen molar-refractivity contribution >= 4 is 38.0 Å². The van der Waals surface area contributed by atoms with E-state index in [4.69, 9.17) is 4.74 Å². The van der Waals surface area contributed by atoms with E-state index in [0.29, 0.717) is 22.4 Å². The third kappa shape index (κ3) is 6.07. The molecule has 0 aliphatic heterocycles. The van der Waals surface area contributed by atoms with Crippen LogP contribution in [0, 0.1) is 0 Å². The molecule has 1 aromatic heterocycles. The van der Waals surface area contributed by atoms with E-state index in [0.717, 1.165) is 5.69 Å². The van der Waals surface area contributed by atoms with Gasteiger partial charge in [0.15, 0.2) is 0 Å². The minimum atomic E-state index is -4.22. The van der Waals surface area contributed by atoms with Crippen LogP contribution in [0.4, 0.5) is 16.5 Å². The van der Waals surface area contributed by atoms with Gasteiger partial charge in [0.1, 0.15) is 11.9 Å². The minimum Gasteiger partial charge on any atom is -0.748 e. The first kappa shape index (κ1) is 19.3. The van der Waals surface area contributed by atoms with Crippen molar-refractivity contribution in [1.82, 2.24) is 0 Å². The van der Waals surface area contributed by atoms with Crippen LogP contribution >= 0.6 is 11.3 Å². The molecule has 136 valence electrons. The minimum absolute atomic E-state index is 0.205. The predicted octanol–water partition coefficient (Wildman–Crippen LogP) is 2.46. The van der Waals surface area contributed by atoms with E-state index in [2.05, 4.69) is 10.2 Å². The van der Waals surface area contributed by atoms with E-state index in [1.54, 1.807) is 17.9 Å². The third-order valence-corrected chi connectivity index (χ3v) is 5.07. The first-order valence-corrected chi connectivity index (χ1v) is 9.88. The molecule has 1 aromatic carbocycles. The summed E-state index contributed by atoms with van der Waals surface area (Å²) in [6.45, 7) is 0.343. The average molecular weight is 384 g/mol. The Morgan fingerprint density at radius 1 is 1.24 bits per heavy atom. The summed E-state index contributed by atoms with van der Waals surface area (Å²) in [7, 11) is 1.23. The van der Waals surface area contributed by atoms with Crippen LogP contribution in [-0.4, -0.2) is 39.9 Å². The Hall–Kier alpha value is -2.04. The SMILES string of the molecule is COc1c[n+](CCCS(=O)(=O)[O-])c(N=Nc2ccc(N(C)C)cc2)s1. The molecule has 25 heavy (non-hydrogen) atoms. The lowest BCUT2D eigenvalue weighted by molar-refractivity contribution is -0.680. The van der Waals surface area contributed by atoms with Gasteiger partial charge in [-0.2, -0.15) is 0 Å². The van der Waals surface area contributed by atoms with Gasteiger partial charge in [-0.1, -0.05) is 0 Å². The van der Waals surface area contributed by atoms with Crippen molar-refractivity contribution < 1.29 is 22.3 Å². The van der Waals surface area contributed by atoms with Gasteiger partial charge in [-0.15, -0.1) is 0 Å². The fourth-order valence-electron chi connectivity index (χ4n) is 2.02. The lowest BCUT2D eigenvalue weighted by Crippen LogP contribution is -2.32. The molecule has 0 unspecified atom stereocenters. The maximum absolute atomic E-state index is 10.7. The summed E-state index contributed by atoms with van der Waals surface area (Å²) >= 11 is 1.29. The van der Waals surface area contributed by atoms with Crippen molar-refractivity contribution in [1.29, 1.82) is 0 Å². The number of aromatic nitrogens is 1. The van der Waals surface area contributed by atoms with Crippen molar-refractivity contribution in [3.63, 3.8) is 0 Å². The van der Waals surface area contributed by atoms with Gasteiger partial charge in [0.25, 0.3) is 0 Å². The molecule has 10 heteroatoms. The quantitative estimate of drug-likeness (QED) is 0.395. The Morgan fingerprint density at radius 2 is 1.92 bits per heavy atom. The van der Waals surface area contributed by atoms with Crippen LogP contribution in [0.15, 0.2) is 40.7 Å². The molecule has 2 rings (SSSR count). The molecule has 0 N–H and O–H groups in total. The summed E-state index contributed by atoms with van der Waals surface area (Å²) in [5.74, 6) is -0.416. The fraction of sp³-hybridized carbons (Fsp3) is 0.400. The van der Waals surface area contributed by atoms with Crippen LogP contribution < -0.4 is 14.2 Å². The molecular weight excluding hydrogens is 364 g/mol. The monoisotopic (exact) mass is 384 g/mol. The number of anilines is 1. The smallest absolute Gasteiger partial charge is 0.411 e. The van der Waals surface area contributed by atoms with E-state index in [1.807, 2.05) is 43.3 Å². The number of hydrogen-bond donors (Lipinski definition) is 0. The molecule has 0 bridgehead atoms. The second-order valence-corrected chi connectivity index (χ2v) is 7.95. The number of ether oxygens (including phenoxy) is 1. The van der Waals surface area contributed by atoms with Crippen LogP contribution in [-0.2, 0) is 16.7 Å².